The van der Waals surface area contributed by atoms with Gasteiger partial charge in [0.1, 0.15) is 5.56 Å². The summed E-state index contributed by atoms with van der Waals surface area (Å²) in [5.41, 5.74) is 4.22. The molecule has 9 nitrogen and oxygen atoms in total. The molecule has 4 heterocycles. The number of aryl methyl sites for hydroxylation is 2. The highest BCUT2D eigenvalue weighted by atomic mass is 16.5. The molecule has 33 heavy (non-hydrogen) atoms. The zero-order valence-corrected chi connectivity index (χ0v) is 19.6. The Labute approximate surface area is 193 Å². The molecule has 3 aromatic rings. The summed E-state index contributed by atoms with van der Waals surface area (Å²) in [6.45, 7) is 9.03. The monoisotopic (exact) mass is 452 g/mol. The van der Waals surface area contributed by atoms with Crippen molar-refractivity contribution in [2.75, 3.05) is 25.1 Å². The van der Waals surface area contributed by atoms with Crippen molar-refractivity contribution >= 4 is 22.6 Å². The van der Waals surface area contributed by atoms with E-state index in [9.17, 15) is 4.79 Å². The summed E-state index contributed by atoms with van der Waals surface area (Å²) in [6.07, 6.45) is 6.11. The van der Waals surface area contributed by atoms with Crippen LogP contribution in [0.2, 0.25) is 0 Å². The summed E-state index contributed by atoms with van der Waals surface area (Å²) in [4.78, 5) is 22.1. The third kappa shape index (κ3) is 4.93. The Balaban J connectivity index is 1.68. The standard InChI is InChI=1S/C24H32N6O3/c1-4-20-18(14-26-23(31)17-8-7-11-25-24(17)33-6-3)21(28-16-9-12-32-13-10-16)19-15-27-30(5-2)22(19)29-20/h7-8,11,15-16H,4-6,9-10,12-14H2,1-3H3,(H,26,31)(H,28,29). The molecular weight excluding hydrogens is 420 g/mol. The summed E-state index contributed by atoms with van der Waals surface area (Å²) >= 11 is 0. The van der Waals surface area contributed by atoms with Crippen molar-refractivity contribution in [3.63, 3.8) is 0 Å². The number of hydrogen-bond donors (Lipinski definition) is 2. The lowest BCUT2D eigenvalue weighted by Gasteiger charge is -2.26. The Morgan fingerprint density at radius 2 is 2.09 bits per heavy atom. The SMILES string of the molecule is CCOc1ncccc1C(=O)NCc1c(CC)nc2c(cnn2CC)c1NC1CCOCC1. The van der Waals surface area contributed by atoms with E-state index in [-0.39, 0.29) is 5.91 Å². The van der Waals surface area contributed by atoms with Crippen LogP contribution in [-0.2, 0) is 24.2 Å². The number of carbonyl (C=O) groups is 1. The van der Waals surface area contributed by atoms with E-state index in [1.807, 2.05) is 17.8 Å². The van der Waals surface area contributed by atoms with E-state index >= 15 is 0 Å². The fourth-order valence-corrected chi connectivity index (χ4v) is 4.18. The summed E-state index contributed by atoms with van der Waals surface area (Å²) in [5.74, 6) is 0.113. The van der Waals surface area contributed by atoms with Gasteiger partial charge in [-0.3, -0.25) is 4.79 Å². The highest BCUT2D eigenvalue weighted by Gasteiger charge is 2.22. The Kier molecular flexibility index (Phi) is 7.39. The average molecular weight is 453 g/mol. The normalized spacial score (nSPS) is 14.4. The van der Waals surface area contributed by atoms with Gasteiger partial charge in [0.25, 0.3) is 5.91 Å². The lowest BCUT2D eigenvalue weighted by atomic mass is 10.0. The number of amides is 1. The second-order valence-corrected chi connectivity index (χ2v) is 7.97. The van der Waals surface area contributed by atoms with Crippen LogP contribution in [0.25, 0.3) is 11.0 Å². The van der Waals surface area contributed by atoms with Gasteiger partial charge in [0.05, 0.1) is 23.9 Å². The van der Waals surface area contributed by atoms with E-state index in [4.69, 9.17) is 14.5 Å². The number of rotatable bonds is 9. The maximum absolute atomic E-state index is 13.0. The van der Waals surface area contributed by atoms with E-state index in [1.54, 1.807) is 18.3 Å². The molecule has 1 aliphatic heterocycles. The molecule has 0 atom stereocenters. The van der Waals surface area contributed by atoms with Crippen LogP contribution >= 0.6 is 0 Å². The van der Waals surface area contributed by atoms with Crippen molar-refractivity contribution in [2.45, 2.75) is 59.2 Å². The van der Waals surface area contributed by atoms with E-state index in [0.29, 0.717) is 30.6 Å². The van der Waals surface area contributed by atoms with Gasteiger partial charge in [-0.25, -0.2) is 14.6 Å². The van der Waals surface area contributed by atoms with E-state index in [0.717, 1.165) is 67.0 Å². The lowest BCUT2D eigenvalue weighted by molar-refractivity contribution is 0.0904. The van der Waals surface area contributed by atoms with Gasteiger partial charge >= 0.3 is 0 Å². The topological polar surface area (TPSA) is 103 Å². The maximum Gasteiger partial charge on any atom is 0.257 e. The molecule has 1 aliphatic rings. The van der Waals surface area contributed by atoms with Crippen molar-refractivity contribution in [1.82, 2.24) is 25.1 Å². The first-order chi connectivity index (χ1) is 16.2. The highest BCUT2D eigenvalue weighted by Crippen LogP contribution is 2.31. The molecule has 176 valence electrons. The number of carbonyl (C=O) groups excluding carboxylic acids is 1. The highest BCUT2D eigenvalue weighted by molar-refractivity contribution is 5.97. The molecule has 9 heteroatoms. The first kappa shape index (κ1) is 23.0. The Morgan fingerprint density at radius 3 is 2.82 bits per heavy atom. The fraction of sp³-hybridized carbons (Fsp3) is 0.500. The number of pyridine rings is 2. The van der Waals surface area contributed by atoms with Crippen LogP contribution in [0.1, 0.15) is 55.2 Å². The first-order valence-electron chi connectivity index (χ1n) is 11.7. The van der Waals surface area contributed by atoms with Crippen molar-refractivity contribution in [3.8, 4) is 5.88 Å². The Hall–Kier alpha value is -3.20. The smallest absolute Gasteiger partial charge is 0.257 e. The molecular formula is C24H32N6O3. The summed E-state index contributed by atoms with van der Waals surface area (Å²) in [5, 5.41) is 12.3. The van der Waals surface area contributed by atoms with Gasteiger partial charge in [0.15, 0.2) is 5.65 Å². The number of ether oxygens (including phenoxy) is 2. The molecule has 4 rings (SSSR count). The predicted octanol–water partition coefficient (Wildman–Crippen LogP) is 3.33. The number of nitrogens with zero attached hydrogens (tertiary/aromatic N) is 4. The van der Waals surface area contributed by atoms with E-state index in [2.05, 4.69) is 34.6 Å². The molecule has 1 fully saturated rings. The quantitative estimate of drug-likeness (QED) is 0.513. The molecule has 3 aromatic heterocycles. The molecule has 0 radical (unpaired) electrons. The lowest BCUT2D eigenvalue weighted by Crippen LogP contribution is -2.30. The first-order valence-corrected chi connectivity index (χ1v) is 11.7. The number of anilines is 1. The van der Waals surface area contributed by atoms with Crippen LogP contribution in [0, 0.1) is 0 Å². The molecule has 0 unspecified atom stereocenters. The number of nitrogens with one attached hydrogen (secondary N) is 2. The van der Waals surface area contributed by atoms with Crippen LogP contribution in [0.4, 0.5) is 5.69 Å². The fourth-order valence-electron chi connectivity index (χ4n) is 4.18. The summed E-state index contributed by atoms with van der Waals surface area (Å²) < 4.78 is 13.0. The van der Waals surface area contributed by atoms with Crippen LogP contribution in [0.5, 0.6) is 5.88 Å². The maximum atomic E-state index is 13.0. The third-order valence-electron chi connectivity index (χ3n) is 5.90. The molecule has 1 amide bonds. The van der Waals surface area contributed by atoms with E-state index in [1.165, 1.54) is 0 Å². The van der Waals surface area contributed by atoms with Gasteiger partial charge in [-0.2, -0.15) is 5.10 Å². The summed E-state index contributed by atoms with van der Waals surface area (Å²) in [7, 11) is 0. The minimum absolute atomic E-state index is 0.227. The van der Waals surface area contributed by atoms with Gasteiger partial charge in [-0.15, -0.1) is 0 Å². The van der Waals surface area contributed by atoms with Crippen molar-refractivity contribution in [3.05, 3.63) is 41.3 Å². The number of aromatic nitrogens is 4. The zero-order chi connectivity index (χ0) is 23.2. The van der Waals surface area contributed by atoms with Crippen LogP contribution < -0.4 is 15.4 Å². The summed E-state index contributed by atoms with van der Waals surface area (Å²) in [6, 6.07) is 3.76. The average Bonchev–Trinajstić information content (AvgIpc) is 3.27. The van der Waals surface area contributed by atoms with Crippen LogP contribution in [0.15, 0.2) is 24.5 Å². The zero-order valence-electron chi connectivity index (χ0n) is 19.6. The Morgan fingerprint density at radius 1 is 1.27 bits per heavy atom. The predicted molar refractivity (Wildman–Crippen MR) is 127 cm³/mol. The molecule has 0 bridgehead atoms. The largest absolute Gasteiger partial charge is 0.477 e. The van der Waals surface area contributed by atoms with Crippen molar-refractivity contribution in [2.24, 2.45) is 0 Å². The minimum atomic E-state index is -0.227. The minimum Gasteiger partial charge on any atom is -0.477 e. The molecule has 2 N–H and O–H groups in total. The Bertz CT molecular complexity index is 1110. The molecule has 0 saturated carbocycles. The van der Waals surface area contributed by atoms with E-state index < -0.39 is 0 Å². The molecule has 0 aliphatic carbocycles. The van der Waals surface area contributed by atoms with Gasteiger partial charge in [0.2, 0.25) is 5.88 Å². The van der Waals surface area contributed by atoms with Crippen LogP contribution in [0.3, 0.4) is 0 Å². The molecule has 0 spiro atoms. The van der Waals surface area contributed by atoms with Gasteiger partial charge in [-0.05, 0) is 45.2 Å². The van der Waals surface area contributed by atoms with Crippen molar-refractivity contribution in [1.29, 1.82) is 0 Å². The number of fused-ring (bicyclic) bond motifs is 1. The van der Waals surface area contributed by atoms with Gasteiger partial charge in [-0.1, -0.05) is 6.92 Å². The molecule has 1 saturated heterocycles. The number of hydrogen-bond acceptors (Lipinski definition) is 7. The molecule has 0 aromatic carbocycles. The second kappa shape index (κ2) is 10.6. The van der Waals surface area contributed by atoms with Crippen molar-refractivity contribution < 1.29 is 14.3 Å². The van der Waals surface area contributed by atoms with Gasteiger partial charge in [0, 0.05) is 49.8 Å². The van der Waals surface area contributed by atoms with Gasteiger partial charge < -0.3 is 20.1 Å². The second-order valence-electron chi connectivity index (χ2n) is 7.97. The van der Waals surface area contributed by atoms with Crippen LogP contribution in [-0.4, -0.2) is 51.5 Å². The third-order valence-corrected chi connectivity index (χ3v) is 5.90.